The van der Waals surface area contributed by atoms with Gasteiger partial charge in [-0.2, -0.15) is 0 Å². The third-order valence-corrected chi connectivity index (χ3v) is 9.81. The van der Waals surface area contributed by atoms with Crippen LogP contribution in [-0.2, 0) is 11.3 Å². The second kappa shape index (κ2) is 13.6. The number of hydrogen-bond donors (Lipinski definition) is 1. The van der Waals surface area contributed by atoms with Gasteiger partial charge in [0.25, 0.3) is 11.5 Å². The molecule has 1 amide bonds. The number of amides is 1. The molecule has 260 valence electrons. The van der Waals surface area contributed by atoms with Gasteiger partial charge in [0.15, 0.2) is 5.65 Å². The number of fused-ring (bicyclic) bond motifs is 2. The van der Waals surface area contributed by atoms with E-state index in [2.05, 4.69) is 32.3 Å². The highest BCUT2D eigenvalue weighted by molar-refractivity contribution is 5.93. The van der Waals surface area contributed by atoms with Crippen LogP contribution in [0.3, 0.4) is 0 Å². The standard InChI is InChI=1S/C38H35F2N7O4/c39-27-7-12-34-43-33(23-45(34)22-27)36(48)42-29-8-10-30(11-9-29)47-37(49)32-19-28(40)20-41-35(32)46(38(47)50)31-6-2-5-26(18-31)25-4-1-3-24(17-25)21-44-13-15-51-16-14-44/h1-7,12,17-20,22-23,29-30H,8-11,13-16,21H2,(H,42,48)/t29-,30+. The van der Waals surface area contributed by atoms with E-state index < -0.39 is 28.9 Å². The van der Waals surface area contributed by atoms with Crippen molar-refractivity contribution in [2.45, 2.75) is 44.3 Å². The minimum absolute atomic E-state index is 0.00576. The molecule has 2 fully saturated rings. The number of aromatic nitrogens is 5. The van der Waals surface area contributed by atoms with Gasteiger partial charge in [0, 0.05) is 44.1 Å². The number of nitrogens with one attached hydrogen (secondary N) is 1. The maximum atomic E-state index is 14.5. The van der Waals surface area contributed by atoms with Gasteiger partial charge in [0.05, 0.1) is 30.5 Å². The van der Waals surface area contributed by atoms with Crippen molar-refractivity contribution in [3.05, 3.63) is 129 Å². The second-order valence-corrected chi connectivity index (χ2v) is 13.2. The third kappa shape index (κ3) is 6.57. The fourth-order valence-corrected chi connectivity index (χ4v) is 7.24. The molecule has 5 heterocycles. The minimum Gasteiger partial charge on any atom is -0.379 e. The number of hydrogen-bond acceptors (Lipinski definition) is 7. The largest absolute Gasteiger partial charge is 0.379 e. The molecule has 0 atom stereocenters. The summed E-state index contributed by atoms with van der Waals surface area (Å²) in [6, 6.07) is 18.9. The van der Waals surface area contributed by atoms with Gasteiger partial charge in [-0.1, -0.05) is 30.3 Å². The van der Waals surface area contributed by atoms with Crippen molar-refractivity contribution in [1.82, 2.24) is 33.7 Å². The van der Waals surface area contributed by atoms with Gasteiger partial charge in [-0.25, -0.2) is 28.1 Å². The molecule has 51 heavy (non-hydrogen) atoms. The summed E-state index contributed by atoms with van der Waals surface area (Å²) in [5.41, 5.74) is 3.04. The maximum absolute atomic E-state index is 14.5. The topological polar surface area (TPSA) is 116 Å². The first-order valence-corrected chi connectivity index (χ1v) is 17.1. The molecule has 13 heteroatoms. The van der Waals surface area contributed by atoms with Crippen LogP contribution in [-0.4, -0.2) is 66.7 Å². The first-order chi connectivity index (χ1) is 24.8. The molecule has 0 unspecified atom stereocenters. The lowest BCUT2D eigenvalue weighted by molar-refractivity contribution is 0.0342. The van der Waals surface area contributed by atoms with Crippen LogP contribution in [0, 0.1) is 11.6 Å². The van der Waals surface area contributed by atoms with E-state index in [1.165, 1.54) is 38.1 Å². The molecule has 2 aromatic carbocycles. The molecule has 1 saturated carbocycles. The molecule has 11 nitrogen and oxygen atoms in total. The highest BCUT2D eigenvalue weighted by Gasteiger charge is 2.29. The van der Waals surface area contributed by atoms with E-state index in [9.17, 15) is 23.2 Å². The molecule has 2 aliphatic rings. The quantitative estimate of drug-likeness (QED) is 0.254. The monoisotopic (exact) mass is 691 g/mol. The zero-order chi connectivity index (χ0) is 35.1. The van der Waals surface area contributed by atoms with Gasteiger partial charge in [-0.05, 0) is 78.8 Å². The van der Waals surface area contributed by atoms with Crippen LogP contribution >= 0.6 is 0 Å². The molecule has 1 aliphatic carbocycles. The predicted molar refractivity (Wildman–Crippen MR) is 187 cm³/mol. The fourth-order valence-electron chi connectivity index (χ4n) is 7.24. The number of carbonyl (C=O) groups excluding carboxylic acids is 1. The lowest BCUT2D eigenvalue weighted by Gasteiger charge is -2.30. The number of pyridine rings is 2. The Balaban J connectivity index is 1.07. The summed E-state index contributed by atoms with van der Waals surface area (Å²) >= 11 is 0. The smallest absolute Gasteiger partial charge is 0.337 e. The summed E-state index contributed by atoms with van der Waals surface area (Å²) in [4.78, 5) is 52.1. The number of rotatable bonds is 7. The van der Waals surface area contributed by atoms with E-state index >= 15 is 0 Å². The Hall–Kier alpha value is -5.53. The van der Waals surface area contributed by atoms with Crippen molar-refractivity contribution in [3.8, 4) is 16.8 Å². The number of morpholine rings is 1. The number of carbonyl (C=O) groups is 1. The number of nitrogens with zero attached hydrogens (tertiary/aromatic N) is 6. The Labute approximate surface area is 290 Å². The minimum atomic E-state index is -0.678. The number of halogens is 2. The highest BCUT2D eigenvalue weighted by atomic mass is 19.1. The Bertz CT molecular complexity index is 2390. The van der Waals surface area contributed by atoms with Crippen molar-refractivity contribution in [3.63, 3.8) is 0 Å². The van der Waals surface area contributed by atoms with Crippen LogP contribution in [0.2, 0.25) is 0 Å². The molecule has 1 N–H and O–H groups in total. The summed E-state index contributed by atoms with van der Waals surface area (Å²) in [7, 11) is 0. The van der Waals surface area contributed by atoms with Crippen LogP contribution in [0.15, 0.2) is 94.9 Å². The van der Waals surface area contributed by atoms with Crippen LogP contribution in [0.5, 0.6) is 0 Å². The molecular weight excluding hydrogens is 656 g/mol. The van der Waals surface area contributed by atoms with Gasteiger partial charge in [-0.3, -0.25) is 19.1 Å². The van der Waals surface area contributed by atoms with Gasteiger partial charge in [0.2, 0.25) is 0 Å². The van der Waals surface area contributed by atoms with Gasteiger partial charge >= 0.3 is 5.69 Å². The molecule has 0 spiro atoms. The molecule has 8 rings (SSSR count). The summed E-state index contributed by atoms with van der Waals surface area (Å²) in [5.74, 6) is -1.51. The Morgan fingerprint density at radius 3 is 2.45 bits per heavy atom. The number of ether oxygens (including phenoxy) is 1. The van der Waals surface area contributed by atoms with E-state index in [1.54, 1.807) is 6.07 Å². The molecule has 6 aromatic rings. The van der Waals surface area contributed by atoms with Crippen molar-refractivity contribution in [2.24, 2.45) is 0 Å². The molecular formula is C38H35F2N7O4. The van der Waals surface area contributed by atoms with Crippen molar-refractivity contribution >= 4 is 22.6 Å². The zero-order valence-corrected chi connectivity index (χ0v) is 27.7. The number of benzene rings is 2. The third-order valence-electron chi connectivity index (χ3n) is 9.81. The predicted octanol–water partition coefficient (Wildman–Crippen LogP) is 4.89. The second-order valence-electron chi connectivity index (χ2n) is 13.2. The van der Waals surface area contributed by atoms with Crippen LogP contribution in [0.4, 0.5) is 8.78 Å². The summed E-state index contributed by atoms with van der Waals surface area (Å²) in [6.45, 7) is 3.99. The average Bonchev–Trinajstić information content (AvgIpc) is 3.57. The van der Waals surface area contributed by atoms with Crippen molar-refractivity contribution in [1.29, 1.82) is 0 Å². The summed E-state index contributed by atoms with van der Waals surface area (Å²) in [5, 5.41) is 2.99. The van der Waals surface area contributed by atoms with Crippen molar-refractivity contribution in [2.75, 3.05) is 26.3 Å². The zero-order valence-electron chi connectivity index (χ0n) is 27.7. The van der Waals surface area contributed by atoms with Crippen LogP contribution < -0.4 is 16.6 Å². The SMILES string of the molecule is O=C(N[C@H]1CC[C@@H](n2c(=O)c3cc(F)cnc3n(-c3cccc(-c4cccc(CN5CCOCC5)c4)c3)c2=O)CC1)c1cn2cc(F)ccc2n1. The first-order valence-electron chi connectivity index (χ1n) is 17.1. The Morgan fingerprint density at radius 1 is 0.882 bits per heavy atom. The van der Waals surface area contributed by atoms with E-state index in [-0.39, 0.29) is 28.7 Å². The molecule has 0 radical (unpaired) electrons. The average molecular weight is 692 g/mol. The molecule has 1 aliphatic heterocycles. The normalized spacial score (nSPS) is 18.3. The van der Waals surface area contributed by atoms with Crippen LogP contribution in [0.1, 0.15) is 47.8 Å². The van der Waals surface area contributed by atoms with Gasteiger partial charge in [0.1, 0.15) is 23.0 Å². The van der Waals surface area contributed by atoms with E-state index in [0.717, 1.165) is 61.8 Å². The lowest BCUT2D eigenvalue weighted by Crippen LogP contribution is -2.45. The first kappa shape index (κ1) is 32.7. The lowest BCUT2D eigenvalue weighted by atomic mass is 9.90. The van der Waals surface area contributed by atoms with E-state index in [1.807, 2.05) is 30.3 Å². The Kier molecular flexibility index (Phi) is 8.74. The van der Waals surface area contributed by atoms with Gasteiger partial charge < -0.3 is 14.5 Å². The Morgan fingerprint density at radius 2 is 1.65 bits per heavy atom. The molecule has 0 bridgehead atoms. The van der Waals surface area contributed by atoms with E-state index in [0.29, 0.717) is 37.0 Å². The summed E-state index contributed by atoms with van der Waals surface area (Å²) < 4.78 is 37.7. The highest BCUT2D eigenvalue weighted by Crippen LogP contribution is 2.29. The van der Waals surface area contributed by atoms with Gasteiger partial charge in [-0.15, -0.1) is 0 Å². The fraction of sp³-hybridized carbons (Fsp3) is 0.289. The molecule has 1 saturated heterocycles. The van der Waals surface area contributed by atoms with Crippen LogP contribution in [0.25, 0.3) is 33.5 Å². The summed E-state index contributed by atoms with van der Waals surface area (Å²) in [6.07, 6.45) is 5.60. The van der Waals surface area contributed by atoms with Crippen molar-refractivity contribution < 1.29 is 18.3 Å². The number of imidazole rings is 1. The maximum Gasteiger partial charge on any atom is 0.337 e. The van der Waals surface area contributed by atoms with E-state index in [4.69, 9.17) is 4.74 Å². The molecule has 4 aromatic heterocycles.